The fourth-order valence-electron chi connectivity index (χ4n) is 3.42. The van der Waals surface area contributed by atoms with Gasteiger partial charge in [-0.05, 0) is 31.9 Å². The summed E-state index contributed by atoms with van der Waals surface area (Å²) in [5.41, 5.74) is 0.974. The molecule has 0 spiro atoms. The number of carbonyl (C=O) groups excluding carboxylic acids is 3. The van der Waals surface area contributed by atoms with Gasteiger partial charge in [0.15, 0.2) is 0 Å². The van der Waals surface area contributed by atoms with E-state index in [1.807, 2.05) is 6.92 Å². The Morgan fingerprint density at radius 1 is 1.31 bits per heavy atom. The van der Waals surface area contributed by atoms with Crippen molar-refractivity contribution in [3.8, 4) is 5.75 Å². The topological polar surface area (TPSA) is 96.4 Å². The monoisotopic (exact) mass is 362 g/mol. The summed E-state index contributed by atoms with van der Waals surface area (Å²) in [4.78, 5) is 42.5. The maximum Gasteiger partial charge on any atom is 0.372 e. The van der Waals surface area contributed by atoms with Crippen LogP contribution in [0.3, 0.4) is 0 Å². The van der Waals surface area contributed by atoms with Crippen molar-refractivity contribution in [1.29, 1.82) is 0 Å². The highest BCUT2D eigenvalue weighted by atomic mass is 17.1. The van der Waals surface area contributed by atoms with Gasteiger partial charge in [-0.15, -0.1) is 0 Å². The second kappa shape index (κ2) is 7.74. The van der Waals surface area contributed by atoms with Gasteiger partial charge in [0, 0.05) is 31.1 Å². The Morgan fingerprint density at radius 2 is 2.04 bits per heavy atom. The molecule has 26 heavy (non-hydrogen) atoms. The molecule has 8 nitrogen and oxygen atoms in total. The van der Waals surface area contributed by atoms with E-state index in [9.17, 15) is 14.4 Å². The molecule has 3 rings (SSSR count). The van der Waals surface area contributed by atoms with E-state index in [0.29, 0.717) is 44.8 Å². The molecular weight excluding hydrogens is 340 g/mol. The molecule has 2 heterocycles. The number of fused-ring (bicyclic) bond motifs is 1. The second-order valence-electron chi connectivity index (χ2n) is 6.74. The average Bonchev–Trinajstić information content (AvgIpc) is 2.85. The van der Waals surface area contributed by atoms with Crippen molar-refractivity contribution in [2.24, 2.45) is 5.92 Å². The summed E-state index contributed by atoms with van der Waals surface area (Å²) in [5, 5.41) is 8.52. The number of benzene rings is 1. The minimum Gasteiger partial charge on any atom is -0.491 e. The van der Waals surface area contributed by atoms with Gasteiger partial charge in [-0.25, -0.2) is 4.79 Å². The Kier molecular flexibility index (Phi) is 5.41. The Morgan fingerprint density at radius 3 is 2.69 bits per heavy atom. The lowest BCUT2D eigenvalue weighted by molar-refractivity contribution is -0.182. The van der Waals surface area contributed by atoms with E-state index in [1.54, 1.807) is 15.9 Å². The van der Waals surface area contributed by atoms with E-state index in [1.165, 1.54) is 12.1 Å². The molecule has 0 bridgehead atoms. The minimum atomic E-state index is -0.858. The number of piperidine rings is 1. The average molecular weight is 362 g/mol. The zero-order valence-electron chi connectivity index (χ0n) is 14.6. The van der Waals surface area contributed by atoms with Crippen LogP contribution in [0.4, 0.5) is 0 Å². The molecule has 0 aromatic heterocycles. The third kappa shape index (κ3) is 3.65. The van der Waals surface area contributed by atoms with E-state index >= 15 is 0 Å². The zero-order valence-corrected chi connectivity index (χ0v) is 14.6. The highest BCUT2D eigenvalue weighted by molar-refractivity contribution is 5.89. The van der Waals surface area contributed by atoms with Crippen molar-refractivity contribution in [3.63, 3.8) is 0 Å². The quantitative estimate of drug-likeness (QED) is 0.495. The van der Waals surface area contributed by atoms with Crippen LogP contribution in [-0.4, -0.2) is 59.1 Å². The molecule has 0 saturated carbocycles. The van der Waals surface area contributed by atoms with Gasteiger partial charge in [0.2, 0.25) is 12.3 Å². The molecule has 2 amide bonds. The molecule has 8 heteroatoms. The third-order valence-corrected chi connectivity index (χ3v) is 5.05. The summed E-state index contributed by atoms with van der Waals surface area (Å²) >= 11 is 0. The molecule has 1 saturated heterocycles. The highest BCUT2D eigenvalue weighted by Crippen LogP contribution is 2.29. The van der Waals surface area contributed by atoms with Gasteiger partial charge < -0.3 is 14.5 Å². The summed E-state index contributed by atoms with van der Waals surface area (Å²) < 4.78 is 5.76. The fraction of sp³-hybridized carbons (Fsp3) is 0.500. The summed E-state index contributed by atoms with van der Waals surface area (Å²) in [6.45, 7) is 3.82. The number of carbonyl (C=O) groups is 3. The van der Waals surface area contributed by atoms with Crippen LogP contribution in [0.25, 0.3) is 0 Å². The standard InChI is InChI=1S/C18H22N2O6/c1-12-10-25-16-8-14(18(23)26-24)2-3-15(16)9-20(12)17(22)13-4-6-19(11-21)7-5-13/h2-3,8,11-13,24H,4-7,9-10H2,1H3/t12-/m0/s1. The lowest BCUT2D eigenvalue weighted by atomic mass is 9.94. The smallest absolute Gasteiger partial charge is 0.372 e. The number of ether oxygens (including phenoxy) is 1. The molecule has 2 aliphatic heterocycles. The Bertz CT molecular complexity index is 699. The van der Waals surface area contributed by atoms with Gasteiger partial charge in [-0.1, -0.05) is 6.07 Å². The molecule has 0 unspecified atom stereocenters. The number of likely N-dealkylation sites (tertiary alicyclic amines) is 1. The van der Waals surface area contributed by atoms with Crippen LogP contribution in [0.1, 0.15) is 35.7 Å². The molecule has 2 aliphatic rings. The van der Waals surface area contributed by atoms with Gasteiger partial charge in [-0.2, -0.15) is 5.26 Å². The Balaban J connectivity index is 1.76. The first-order valence-electron chi connectivity index (χ1n) is 8.64. The van der Waals surface area contributed by atoms with Gasteiger partial charge in [-0.3, -0.25) is 14.5 Å². The lowest BCUT2D eigenvalue weighted by Crippen LogP contribution is -2.46. The van der Waals surface area contributed by atoms with Crippen LogP contribution in [-0.2, 0) is 21.0 Å². The molecule has 1 aromatic carbocycles. The summed E-state index contributed by atoms with van der Waals surface area (Å²) in [6.07, 6.45) is 2.15. The fourth-order valence-corrected chi connectivity index (χ4v) is 3.42. The number of hydrogen-bond donors (Lipinski definition) is 1. The van der Waals surface area contributed by atoms with E-state index in [4.69, 9.17) is 9.99 Å². The molecular formula is C18H22N2O6. The molecule has 0 radical (unpaired) electrons. The van der Waals surface area contributed by atoms with Crippen LogP contribution < -0.4 is 4.74 Å². The van der Waals surface area contributed by atoms with Crippen LogP contribution in [0.5, 0.6) is 5.75 Å². The summed E-state index contributed by atoms with van der Waals surface area (Å²) in [5.74, 6) is -0.383. The first-order chi connectivity index (χ1) is 12.5. The summed E-state index contributed by atoms with van der Waals surface area (Å²) in [7, 11) is 0. The van der Waals surface area contributed by atoms with Crippen molar-refractivity contribution in [2.75, 3.05) is 19.7 Å². The number of rotatable bonds is 3. The second-order valence-corrected chi connectivity index (χ2v) is 6.74. The number of hydrogen-bond acceptors (Lipinski definition) is 6. The first-order valence-corrected chi connectivity index (χ1v) is 8.64. The SMILES string of the molecule is C[C@H]1COc2cc(C(=O)OO)ccc2CN1C(=O)C1CCN(C=O)CC1. The molecule has 1 N–H and O–H groups in total. The molecule has 1 atom stereocenters. The molecule has 1 aromatic rings. The predicted octanol–water partition coefficient (Wildman–Crippen LogP) is 1.29. The van der Waals surface area contributed by atoms with Gasteiger partial charge in [0.05, 0.1) is 11.6 Å². The van der Waals surface area contributed by atoms with E-state index in [2.05, 4.69) is 4.89 Å². The summed E-state index contributed by atoms with van der Waals surface area (Å²) in [6, 6.07) is 4.63. The molecule has 1 fully saturated rings. The normalized spacial score (nSPS) is 20.6. The van der Waals surface area contributed by atoms with Crippen molar-refractivity contribution in [1.82, 2.24) is 9.80 Å². The van der Waals surface area contributed by atoms with E-state index in [-0.39, 0.29) is 23.4 Å². The maximum absolute atomic E-state index is 13.0. The minimum absolute atomic E-state index is 0.0679. The zero-order chi connectivity index (χ0) is 18.7. The molecule has 140 valence electrons. The maximum atomic E-state index is 13.0. The molecule has 0 aliphatic carbocycles. The van der Waals surface area contributed by atoms with Crippen LogP contribution in [0.2, 0.25) is 0 Å². The Labute approximate surface area is 151 Å². The first kappa shape index (κ1) is 18.2. The highest BCUT2D eigenvalue weighted by Gasteiger charge is 2.32. The lowest BCUT2D eigenvalue weighted by Gasteiger charge is -2.34. The Hall–Kier alpha value is -2.61. The van der Waals surface area contributed by atoms with Crippen LogP contribution in [0, 0.1) is 5.92 Å². The van der Waals surface area contributed by atoms with Crippen molar-refractivity contribution in [2.45, 2.75) is 32.4 Å². The van der Waals surface area contributed by atoms with Gasteiger partial charge in [0.25, 0.3) is 0 Å². The number of amides is 2. The van der Waals surface area contributed by atoms with Crippen molar-refractivity contribution < 1.29 is 29.3 Å². The van der Waals surface area contributed by atoms with Crippen LogP contribution in [0.15, 0.2) is 18.2 Å². The van der Waals surface area contributed by atoms with Gasteiger partial charge in [0.1, 0.15) is 12.4 Å². The van der Waals surface area contributed by atoms with Crippen LogP contribution >= 0.6 is 0 Å². The predicted molar refractivity (Wildman–Crippen MR) is 90.4 cm³/mol. The van der Waals surface area contributed by atoms with E-state index < -0.39 is 5.97 Å². The largest absolute Gasteiger partial charge is 0.491 e. The third-order valence-electron chi connectivity index (χ3n) is 5.05. The van der Waals surface area contributed by atoms with Gasteiger partial charge >= 0.3 is 5.97 Å². The number of nitrogens with zero attached hydrogens (tertiary/aromatic N) is 2. The van der Waals surface area contributed by atoms with E-state index in [0.717, 1.165) is 12.0 Å². The van der Waals surface area contributed by atoms with Crippen molar-refractivity contribution >= 4 is 18.3 Å². The van der Waals surface area contributed by atoms with Crippen molar-refractivity contribution in [3.05, 3.63) is 29.3 Å².